The zero-order valence-corrected chi connectivity index (χ0v) is 11.8. The molecule has 1 saturated heterocycles. The second-order valence-corrected chi connectivity index (χ2v) is 5.45. The third kappa shape index (κ3) is 3.44. The van der Waals surface area contributed by atoms with Gasteiger partial charge in [-0.25, -0.2) is 0 Å². The minimum Gasteiger partial charge on any atom is -0.466 e. The number of alkyl halides is 3. The average molecular weight is 311 g/mol. The Morgan fingerprint density at radius 1 is 1.23 bits per heavy atom. The van der Waals surface area contributed by atoms with Crippen LogP contribution in [0.15, 0.2) is 48.8 Å². The maximum Gasteiger partial charge on any atom is 0.416 e. The lowest BCUT2D eigenvalue weighted by atomic mass is 9.96. The maximum absolute atomic E-state index is 12.8. The summed E-state index contributed by atoms with van der Waals surface area (Å²) in [6.45, 7) is 2.14. The highest BCUT2D eigenvalue weighted by Gasteiger charge is 2.32. The van der Waals surface area contributed by atoms with Crippen molar-refractivity contribution in [2.45, 2.75) is 18.5 Å². The smallest absolute Gasteiger partial charge is 0.416 e. The lowest BCUT2D eigenvalue weighted by Crippen LogP contribution is -2.24. The van der Waals surface area contributed by atoms with Crippen LogP contribution in [0.4, 0.5) is 13.2 Å². The summed E-state index contributed by atoms with van der Waals surface area (Å²) in [7, 11) is 0. The Balaban J connectivity index is 1.64. The van der Waals surface area contributed by atoms with Crippen LogP contribution < -0.4 is 0 Å². The van der Waals surface area contributed by atoms with Gasteiger partial charge in [0.25, 0.3) is 0 Å². The summed E-state index contributed by atoms with van der Waals surface area (Å²) in [5, 5.41) is 0. The molecule has 3 rings (SSSR count). The van der Waals surface area contributed by atoms with Crippen molar-refractivity contribution in [1.29, 1.82) is 0 Å². The van der Waals surface area contributed by atoms with Crippen LogP contribution in [0.3, 0.4) is 0 Å². The molecule has 1 fully saturated rings. The van der Waals surface area contributed by atoms with Gasteiger partial charge in [-0.15, -0.1) is 0 Å². The molecule has 1 aromatic carbocycles. The van der Waals surface area contributed by atoms with Gasteiger partial charge in [-0.3, -0.25) is 4.90 Å². The Labute approximate surface area is 126 Å². The molecule has 0 spiro atoms. The molecule has 0 bridgehead atoms. The van der Waals surface area contributed by atoms with Gasteiger partial charge in [-0.2, -0.15) is 13.2 Å². The van der Waals surface area contributed by atoms with E-state index in [-0.39, 0.29) is 5.92 Å². The molecule has 2 aliphatic heterocycles. The molecule has 0 amide bonds. The molecular weight excluding hydrogens is 295 g/mol. The highest BCUT2D eigenvalue weighted by atomic mass is 19.4. The van der Waals surface area contributed by atoms with Crippen molar-refractivity contribution in [3.63, 3.8) is 0 Å². The van der Waals surface area contributed by atoms with Gasteiger partial charge in [0.2, 0.25) is 0 Å². The van der Waals surface area contributed by atoms with E-state index in [1.807, 2.05) is 0 Å². The number of rotatable bonds is 3. The summed E-state index contributed by atoms with van der Waals surface area (Å²) < 4.78 is 48.7. The monoisotopic (exact) mass is 311 g/mol. The predicted octanol–water partition coefficient (Wildman–Crippen LogP) is 3.85. The summed E-state index contributed by atoms with van der Waals surface area (Å²) >= 11 is 0. The van der Waals surface area contributed by atoms with E-state index in [2.05, 4.69) is 4.90 Å². The van der Waals surface area contributed by atoms with Crippen molar-refractivity contribution in [1.82, 2.24) is 4.90 Å². The topological polar surface area (TPSA) is 21.7 Å². The van der Waals surface area contributed by atoms with Crippen LogP contribution in [-0.4, -0.2) is 24.5 Å². The first-order valence-corrected chi connectivity index (χ1v) is 7.08. The maximum atomic E-state index is 12.8. The fourth-order valence-electron chi connectivity index (χ4n) is 2.80. The Hall–Kier alpha value is -1.95. The van der Waals surface area contributed by atoms with Crippen molar-refractivity contribution in [2.24, 2.45) is 0 Å². The molecule has 1 atom stereocenters. The summed E-state index contributed by atoms with van der Waals surface area (Å²) in [6, 6.07) is 5.62. The third-order valence-electron chi connectivity index (χ3n) is 3.89. The van der Waals surface area contributed by atoms with Crippen LogP contribution in [0.2, 0.25) is 0 Å². The van der Waals surface area contributed by atoms with E-state index in [1.165, 1.54) is 30.9 Å². The van der Waals surface area contributed by atoms with E-state index in [1.54, 1.807) is 6.07 Å². The molecule has 0 aliphatic carbocycles. The van der Waals surface area contributed by atoms with Crippen LogP contribution in [0.1, 0.15) is 23.5 Å². The molecule has 3 nitrogen and oxygen atoms in total. The summed E-state index contributed by atoms with van der Waals surface area (Å²) in [5.41, 5.74) is 0.160. The minimum atomic E-state index is -4.29. The predicted molar refractivity (Wildman–Crippen MR) is 74.6 cm³/mol. The van der Waals surface area contributed by atoms with Gasteiger partial charge in [0, 0.05) is 6.54 Å². The van der Waals surface area contributed by atoms with E-state index >= 15 is 0 Å². The molecule has 1 unspecified atom stereocenters. The molecule has 2 heterocycles. The van der Waals surface area contributed by atoms with E-state index in [0.717, 1.165) is 24.6 Å². The molecule has 0 radical (unpaired) electrons. The standard InChI is InChI=1S/C16H16F3NO2/c17-16(18,19)14-3-1-2-12(8-14)13-4-5-20(9-13)10-15-11-21-6-7-22-15/h1-3,6-8,11,13H,4-5,9-10H2. The van der Waals surface area contributed by atoms with Gasteiger partial charge in [0.1, 0.15) is 18.8 Å². The lowest BCUT2D eigenvalue weighted by Gasteiger charge is -2.19. The second-order valence-electron chi connectivity index (χ2n) is 5.45. The number of halogens is 3. The summed E-state index contributed by atoms with van der Waals surface area (Å²) in [6.07, 6.45) is 0.996. The highest BCUT2D eigenvalue weighted by molar-refractivity contribution is 5.29. The van der Waals surface area contributed by atoms with E-state index in [4.69, 9.17) is 9.47 Å². The fraction of sp³-hybridized carbons (Fsp3) is 0.375. The van der Waals surface area contributed by atoms with Crippen molar-refractivity contribution >= 4 is 0 Å². The number of benzene rings is 1. The lowest BCUT2D eigenvalue weighted by molar-refractivity contribution is -0.137. The van der Waals surface area contributed by atoms with Crippen molar-refractivity contribution in [3.8, 4) is 0 Å². The molecule has 2 aliphatic rings. The van der Waals surface area contributed by atoms with Crippen LogP contribution >= 0.6 is 0 Å². The molecule has 0 N–H and O–H groups in total. The molecule has 118 valence electrons. The van der Waals surface area contributed by atoms with Crippen molar-refractivity contribution < 1.29 is 22.6 Å². The van der Waals surface area contributed by atoms with Gasteiger partial charge in [-0.1, -0.05) is 18.2 Å². The molecule has 0 saturated carbocycles. The average Bonchev–Trinajstić information content (AvgIpc) is 2.96. The molecule has 22 heavy (non-hydrogen) atoms. The number of nitrogens with zero attached hydrogens (tertiary/aromatic N) is 1. The largest absolute Gasteiger partial charge is 0.466 e. The van der Waals surface area contributed by atoms with E-state index in [9.17, 15) is 13.2 Å². The first kappa shape index (κ1) is 15.0. The van der Waals surface area contributed by atoms with Gasteiger partial charge in [0.05, 0.1) is 12.1 Å². The van der Waals surface area contributed by atoms with Crippen LogP contribution in [-0.2, 0) is 15.7 Å². The second kappa shape index (κ2) is 6.04. The summed E-state index contributed by atoms with van der Waals surface area (Å²) in [4.78, 5) is 2.15. The fourth-order valence-corrected chi connectivity index (χ4v) is 2.80. The highest BCUT2D eigenvalue weighted by Crippen LogP contribution is 2.33. The van der Waals surface area contributed by atoms with Crippen molar-refractivity contribution in [2.75, 3.05) is 19.6 Å². The Morgan fingerprint density at radius 3 is 2.82 bits per heavy atom. The van der Waals surface area contributed by atoms with E-state index < -0.39 is 11.7 Å². The third-order valence-corrected chi connectivity index (χ3v) is 3.89. The van der Waals surface area contributed by atoms with Gasteiger partial charge >= 0.3 is 6.18 Å². The normalized spacial score (nSPS) is 22.1. The minimum absolute atomic E-state index is 0.114. The Morgan fingerprint density at radius 2 is 2.09 bits per heavy atom. The van der Waals surface area contributed by atoms with Gasteiger partial charge < -0.3 is 9.47 Å². The molecule has 0 aromatic heterocycles. The molecular formula is C16H16F3NO2. The number of hydrogen-bond acceptors (Lipinski definition) is 3. The molecule has 1 aromatic rings. The van der Waals surface area contributed by atoms with Gasteiger partial charge in [-0.05, 0) is 30.5 Å². The summed E-state index contributed by atoms with van der Waals surface area (Å²) in [5.74, 6) is 0.815. The number of ether oxygens (including phenoxy) is 2. The number of hydrogen-bond donors (Lipinski definition) is 0. The number of likely N-dealkylation sites (tertiary alicyclic amines) is 1. The van der Waals surface area contributed by atoms with Crippen LogP contribution in [0.5, 0.6) is 0 Å². The van der Waals surface area contributed by atoms with E-state index in [0.29, 0.717) is 18.8 Å². The van der Waals surface area contributed by atoms with Gasteiger partial charge in [0.15, 0.2) is 5.76 Å². The Kier molecular flexibility index (Phi) is 4.11. The van der Waals surface area contributed by atoms with Crippen LogP contribution in [0.25, 0.3) is 0 Å². The Bertz CT molecular complexity index is 595. The first-order valence-electron chi connectivity index (χ1n) is 7.08. The SMILES string of the molecule is FC(F)(F)c1cccc(C2CCN(CC3=COC=CO3)C2)c1. The zero-order valence-electron chi connectivity index (χ0n) is 11.8. The van der Waals surface area contributed by atoms with Crippen LogP contribution in [0, 0.1) is 0 Å². The van der Waals surface area contributed by atoms with Crippen molar-refractivity contribution in [3.05, 3.63) is 59.9 Å². The first-order chi connectivity index (χ1) is 10.5. The zero-order chi connectivity index (χ0) is 15.6. The molecule has 6 heteroatoms. The quantitative estimate of drug-likeness (QED) is 0.846.